The lowest BCUT2D eigenvalue weighted by atomic mass is 10.1. The molecule has 1 unspecified atom stereocenters. The van der Waals surface area contributed by atoms with E-state index >= 15 is 0 Å². The molecule has 178 valence electrons. The Morgan fingerprint density at radius 2 is 2.09 bits per heavy atom. The standard InChI is InChI=1S/C22H27ClFN5O3S/c1-15-13-28(9-10-29(15)21(31)16-6-3-4-7-17(16)24)19-12-18(23)26-22(27-19)33-14-20(30)25-8-5-11-32-2/h3-4,6-7,12,15H,5,8-11,13-14H2,1-2H3,(H,25,30). The minimum absolute atomic E-state index is 0.0714. The molecule has 2 aromatic rings. The Morgan fingerprint density at radius 3 is 2.82 bits per heavy atom. The van der Waals surface area contributed by atoms with E-state index < -0.39 is 5.82 Å². The molecule has 0 aliphatic carbocycles. The first kappa shape index (κ1) is 25.2. The van der Waals surface area contributed by atoms with Crippen LogP contribution in [0, 0.1) is 5.82 Å². The summed E-state index contributed by atoms with van der Waals surface area (Å²) in [5.74, 6) is -0.163. The topological polar surface area (TPSA) is 87.7 Å². The molecule has 0 saturated carbocycles. The van der Waals surface area contributed by atoms with Crippen molar-refractivity contribution in [3.63, 3.8) is 0 Å². The Labute approximate surface area is 201 Å². The predicted octanol–water partition coefficient (Wildman–Crippen LogP) is 2.86. The van der Waals surface area contributed by atoms with Gasteiger partial charge in [0.05, 0.1) is 11.3 Å². The van der Waals surface area contributed by atoms with Crippen LogP contribution in [0.25, 0.3) is 0 Å². The van der Waals surface area contributed by atoms with Crippen LogP contribution in [0.1, 0.15) is 23.7 Å². The van der Waals surface area contributed by atoms with Crippen molar-refractivity contribution >= 4 is 41.0 Å². The van der Waals surface area contributed by atoms with Crippen LogP contribution in [-0.2, 0) is 9.53 Å². The quantitative estimate of drug-likeness (QED) is 0.248. The number of piperazine rings is 1. The van der Waals surface area contributed by atoms with Crippen molar-refractivity contribution in [3.05, 3.63) is 46.9 Å². The predicted molar refractivity (Wildman–Crippen MR) is 126 cm³/mol. The van der Waals surface area contributed by atoms with Crippen molar-refractivity contribution < 1.29 is 18.7 Å². The van der Waals surface area contributed by atoms with E-state index in [1.807, 2.05) is 11.8 Å². The largest absolute Gasteiger partial charge is 0.385 e. The van der Waals surface area contributed by atoms with Crippen LogP contribution < -0.4 is 10.2 Å². The van der Waals surface area contributed by atoms with Gasteiger partial charge < -0.3 is 19.9 Å². The van der Waals surface area contributed by atoms with Gasteiger partial charge in [-0.1, -0.05) is 35.5 Å². The Balaban J connectivity index is 1.59. The van der Waals surface area contributed by atoms with E-state index in [9.17, 15) is 14.0 Å². The molecule has 0 radical (unpaired) electrons. The molecule has 1 aromatic heterocycles. The van der Waals surface area contributed by atoms with Gasteiger partial charge in [0.1, 0.15) is 16.8 Å². The summed E-state index contributed by atoms with van der Waals surface area (Å²) in [5, 5.41) is 3.50. The SMILES string of the molecule is COCCCNC(=O)CSc1nc(Cl)cc(N2CCN(C(=O)c3ccccc3F)C(C)C2)n1. The van der Waals surface area contributed by atoms with Crippen molar-refractivity contribution in [3.8, 4) is 0 Å². The second-order valence-electron chi connectivity index (χ2n) is 7.59. The smallest absolute Gasteiger partial charge is 0.257 e. The van der Waals surface area contributed by atoms with Crippen molar-refractivity contribution in [1.82, 2.24) is 20.2 Å². The fraction of sp³-hybridized carbons (Fsp3) is 0.455. The van der Waals surface area contributed by atoms with Crippen molar-refractivity contribution in [2.75, 3.05) is 50.5 Å². The number of methoxy groups -OCH3 is 1. The maximum Gasteiger partial charge on any atom is 0.257 e. The molecule has 33 heavy (non-hydrogen) atoms. The Hall–Kier alpha value is -2.43. The third kappa shape index (κ3) is 7.02. The molecule has 0 spiro atoms. The van der Waals surface area contributed by atoms with Gasteiger partial charge in [0.25, 0.3) is 5.91 Å². The summed E-state index contributed by atoms with van der Waals surface area (Å²) in [6.45, 7) is 4.49. The van der Waals surface area contributed by atoms with E-state index in [-0.39, 0.29) is 34.3 Å². The highest BCUT2D eigenvalue weighted by Crippen LogP contribution is 2.25. The molecule has 1 saturated heterocycles. The lowest BCUT2D eigenvalue weighted by Gasteiger charge is -2.40. The monoisotopic (exact) mass is 495 g/mol. The molecular weight excluding hydrogens is 469 g/mol. The molecular formula is C22H27ClFN5O3S. The fourth-order valence-electron chi connectivity index (χ4n) is 3.49. The highest BCUT2D eigenvalue weighted by Gasteiger charge is 2.30. The third-order valence-electron chi connectivity index (χ3n) is 5.16. The van der Waals surface area contributed by atoms with E-state index in [1.54, 1.807) is 30.2 Å². The summed E-state index contributed by atoms with van der Waals surface area (Å²) in [5.41, 5.74) is 0.0714. The number of rotatable bonds is 9. The number of aromatic nitrogens is 2. The summed E-state index contributed by atoms with van der Waals surface area (Å²) in [4.78, 5) is 37.2. The number of carbonyl (C=O) groups excluding carboxylic acids is 2. The summed E-state index contributed by atoms with van der Waals surface area (Å²) in [6, 6.07) is 7.51. The van der Waals surface area contributed by atoms with Gasteiger partial charge in [-0.05, 0) is 25.5 Å². The number of nitrogens with one attached hydrogen (secondary N) is 1. The highest BCUT2D eigenvalue weighted by atomic mass is 35.5. The first-order valence-electron chi connectivity index (χ1n) is 10.6. The molecule has 2 heterocycles. The number of benzene rings is 1. The van der Waals surface area contributed by atoms with E-state index in [0.29, 0.717) is 43.8 Å². The fourth-order valence-corrected chi connectivity index (χ4v) is 4.41. The Bertz CT molecular complexity index is 983. The van der Waals surface area contributed by atoms with Gasteiger partial charge in [-0.25, -0.2) is 14.4 Å². The average Bonchev–Trinajstić information content (AvgIpc) is 2.80. The number of nitrogens with zero attached hydrogens (tertiary/aromatic N) is 4. The minimum Gasteiger partial charge on any atom is -0.385 e. The molecule has 1 fully saturated rings. The summed E-state index contributed by atoms with van der Waals surface area (Å²) in [7, 11) is 1.62. The molecule has 1 N–H and O–H groups in total. The van der Waals surface area contributed by atoms with E-state index in [2.05, 4.69) is 15.3 Å². The molecule has 0 bridgehead atoms. The van der Waals surface area contributed by atoms with E-state index in [1.165, 1.54) is 23.9 Å². The highest BCUT2D eigenvalue weighted by molar-refractivity contribution is 7.99. The van der Waals surface area contributed by atoms with Crippen LogP contribution in [0.15, 0.2) is 35.5 Å². The second kappa shape index (κ2) is 12.2. The zero-order chi connectivity index (χ0) is 23.8. The third-order valence-corrected chi connectivity index (χ3v) is 6.20. The lowest BCUT2D eigenvalue weighted by Crippen LogP contribution is -2.54. The number of hydrogen-bond acceptors (Lipinski definition) is 7. The number of anilines is 1. The Kier molecular flexibility index (Phi) is 9.28. The number of carbonyl (C=O) groups is 2. The number of amides is 2. The van der Waals surface area contributed by atoms with Crippen molar-refractivity contribution in [1.29, 1.82) is 0 Å². The van der Waals surface area contributed by atoms with Crippen molar-refractivity contribution in [2.24, 2.45) is 0 Å². The molecule has 1 atom stereocenters. The van der Waals surface area contributed by atoms with Gasteiger partial charge in [0, 0.05) is 52.0 Å². The van der Waals surface area contributed by atoms with Crippen LogP contribution in [0.3, 0.4) is 0 Å². The van der Waals surface area contributed by atoms with Gasteiger partial charge in [-0.3, -0.25) is 9.59 Å². The van der Waals surface area contributed by atoms with E-state index in [4.69, 9.17) is 16.3 Å². The van der Waals surface area contributed by atoms with Crippen LogP contribution in [0.4, 0.5) is 10.2 Å². The zero-order valence-electron chi connectivity index (χ0n) is 18.6. The molecule has 3 rings (SSSR count). The van der Waals surface area contributed by atoms with Gasteiger partial charge in [0.2, 0.25) is 5.91 Å². The molecule has 1 aliphatic heterocycles. The summed E-state index contributed by atoms with van der Waals surface area (Å²) in [6.07, 6.45) is 0.744. The number of thioether (sulfide) groups is 1. The lowest BCUT2D eigenvalue weighted by molar-refractivity contribution is -0.118. The zero-order valence-corrected chi connectivity index (χ0v) is 20.2. The minimum atomic E-state index is -0.524. The van der Waals surface area contributed by atoms with Gasteiger partial charge in [0.15, 0.2) is 5.16 Å². The maximum absolute atomic E-state index is 14.1. The van der Waals surface area contributed by atoms with Gasteiger partial charge in [-0.15, -0.1) is 0 Å². The van der Waals surface area contributed by atoms with Crippen LogP contribution in [-0.4, -0.2) is 78.4 Å². The maximum atomic E-state index is 14.1. The Morgan fingerprint density at radius 1 is 1.30 bits per heavy atom. The first-order chi connectivity index (χ1) is 15.9. The van der Waals surface area contributed by atoms with Crippen LogP contribution >= 0.6 is 23.4 Å². The molecule has 11 heteroatoms. The average molecular weight is 496 g/mol. The normalized spacial score (nSPS) is 16.1. The number of hydrogen-bond donors (Lipinski definition) is 1. The molecule has 1 aromatic carbocycles. The molecule has 8 nitrogen and oxygen atoms in total. The first-order valence-corrected chi connectivity index (χ1v) is 12.0. The van der Waals surface area contributed by atoms with Gasteiger partial charge >= 0.3 is 0 Å². The molecule has 1 aliphatic rings. The summed E-state index contributed by atoms with van der Waals surface area (Å²) < 4.78 is 19.0. The number of ether oxygens (including phenoxy) is 1. The van der Waals surface area contributed by atoms with E-state index in [0.717, 1.165) is 6.42 Å². The van der Waals surface area contributed by atoms with Crippen LogP contribution in [0.2, 0.25) is 5.15 Å². The van der Waals surface area contributed by atoms with Crippen LogP contribution in [0.5, 0.6) is 0 Å². The second-order valence-corrected chi connectivity index (χ2v) is 8.92. The molecule has 2 amide bonds. The number of halogens is 2. The van der Waals surface area contributed by atoms with Gasteiger partial charge in [-0.2, -0.15) is 0 Å². The summed E-state index contributed by atoms with van der Waals surface area (Å²) >= 11 is 7.41. The van der Waals surface area contributed by atoms with Crippen molar-refractivity contribution in [2.45, 2.75) is 24.5 Å².